The predicted octanol–water partition coefficient (Wildman–Crippen LogP) is 5.42. The molecule has 0 saturated carbocycles. The quantitative estimate of drug-likeness (QED) is 0.795. The summed E-state index contributed by atoms with van der Waals surface area (Å²) in [6.07, 6.45) is 0. The van der Waals surface area contributed by atoms with Crippen LogP contribution in [0.15, 0.2) is 39.5 Å². The summed E-state index contributed by atoms with van der Waals surface area (Å²) in [7, 11) is 0. The fraction of sp³-hybridized carbons (Fsp3) is 0.333. The van der Waals surface area contributed by atoms with Crippen LogP contribution in [-0.2, 0) is 12.0 Å². The highest BCUT2D eigenvalue weighted by molar-refractivity contribution is 9.11. The van der Waals surface area contributed by atoms with Crippen LogP contribution in [0.1, 0.15) is 31.9 Å². The lowest BCUT2D eigenvalue weighted by atomic mass is 9.87. The third kappa shape index (κ3) is 3.59. The second-order valence-electron chi connectivity index (χ2n) is 5.44. The van der Waals surface area contributed by atoms with Crippen LogP contribution in [-0.4, -0.2) is 0 Å². The number of nitrogens with one attached hydrogen (secondary N) is 1. The minimum absolute atomic E-state index is 0.219. The lowest BCUT2D eigenvalue weighted by Gasteiger charge is -2.19. The molecule has 0 bridgehead atoms. The fourth-order valence-electron chi connectivity index (χ4n) is 1.73. The first-order valence-corrected chi connectivity index (χ1v) is 7.70. The van der Waals surface area contributed by atoms with Crippen LogP contribution in [0.5, 0.6) is 0 Å². The molecular formula is C15H18BrNS. The lowest BCUT2D eigenvalue weighted by molar-refractivity contribution is 0.590. The Hall–Kier alpha value is -0.800. The molecule has 0 aliphatic heterocycles. The van der Waals surface area contributed by atoms with Crippen LogP contribution >= 0.6 is 27.3 Å². The molecule has 0 amide bonds. The van der Waals surface area contributed by atoms with Gasteiger partial charge in [-0.25, -0.2) is 0 Å². The van der Waals surface area contributed by atoms with E-state index < -0.39 is 0 Å². The highest BCUT2D eigenvalue weighted by Gasteiger charge is 2.12. The summed E-state index contributed by atoms with van der Waals surface area (Å²) >= 11 is 5.20. The molecule has 0 saturated heterocycles. The summed E-state index contributed by atoms with van der Waals surface area (Å²) in [5.74, 6) is 0. The van der Waals surface area contributed by atoms with Crippen molar-refractivity contribution in [3.05, 3.63) is 50.6 Å². The number of halogens is 1. The predicted molar refractivity (Wildman–Crippen MR) is 84.5 cm³/mol. The van der Waals surface area contributed by atoms with Crippen molar-refractivity contribution in [3.8, 4) is 0 Å². The minimum atomic E-state index is 0.219. The standard InChI is InChI=1S/C15H18BrNS/c1-15(2,3)12-4-6-13(7-5-12)17-9-11-8-14(16)18-10-11/h4-8,10,17H,9H2,1-3H3. The molecule has 0 spiro atoms. The summed E-state index contributed by atoms with van der Waals surface area (Å²) in [4.78, 5) is 0. The maximum absolute atomic E-state index is 3.48. The van der Waals surface area contributed by atoms with E-state index in [1.165, 1.54) is 20.6 Å². The Kier molecular flexibility index (Phi) is 4.13. The van der Waals surface area contributed by atoms with Crippen molar-refractivity contribution in [2.75, 3.05) is 5.32 Å². The Labute approximate surface area is 121 Å². The van der Waals surface area contributed by atoms with Crippen LogP contribution in [0, 0.1) is 0 Å². The highest BCUT2D eigenvalue weighted by Crippen LogP contribution is 2.24. The molecule has 3 heteroatoms. The summed E-state index contributed by atoms with van der Waals surface area (Å²) in [6.45, 7) is 7.58. The molecular weight excluding hydrogens is 306 g/mol. The summed E-state index contributed by atoms with van der Waals surface area (Å²) in [5.41, 5.74) is 4.07. The van der Waals surface area contributed by atoms with E-state index in [0.29, 0.717) is 0 Å². The Balaban J connectivity index is 1.98. The largest absolute Gasteiger partial charge is 0.381 e. The molecule has 0 aliphatic rings. The van der Waals surface area contributed by atoms with Crippen LogP contribution in [0.4, 0.5) is 5.69 Å². The Morgan fingerprint density at radius 2 is 1.83 bits per heavy atom. The zero-order chi connectivity index (χ0) is 13.2. The van der Waals surface area contributed by atoms with Gasteiger partial charge in [0.15, 0.2) is 0 Å². The van der Waals surface area contributed by atoms with Crippen molar-refractivity contribution >= 4 is 33.0 Å². The van der Waals surface area contributed by atoms with Gasteiger partial charge in [-0.05, 0) is 56.1 Å². The van der Waals surface area contributed by atoms with Crippen molar-refractivity contribution in [3.63, 3.8) is 0 Å². The van der Waals surface area contributed by atoms with Gasteiger partial charge in [0.2, 0.25) is 0 Å². The average molecular weight is 324 g/mol. The molecule has 0 aliphatic carbocycles. The van der Waals surface area contributed by atoms with Gasteiger partial charge in [0, 0.05) is 12.2 Å². The molecule has 1 aromatic heterocycles. The Morgan fingerprint density at radius 1 is 1.17 bits per heavy atom. The molecule has 18 heavy (non-hydrogen) atoms. The topological polar surface area (TPSA) is 12.0 Å². The van der Waals surface area contributed by atoms with Gasteiger partial charge in [-0.15, -0.1) is 11.3 Å². The van der Waals surface area contributed by atoms with Gasteiger partial charge >= 0.3 is 0 Å². The summed E-state index contributed by atoms with van der Waals surface area (Å²) in [5, 5.41) is 5.61. The van der Waals surface area contributed by atoms with Crippen molar-refractivity contribution in [1.29, 1.82) is 0 Å². The lowest BCUT2D eigenvalue weighted by Crippen LogP contribution is -2.10. The van der Waals surface area contributed by atoms with E-state index in [9.17, 15) is 0 Å². The van der Waals surface area contributed by atoms with E-state index >= 15 is 0 Å². The number of benzene rings is 1. The van der Waals surface area contributed by atoms with Crippen molar-refractivity contribution in [2.24, 2.45) is 0 Å². The van der Waals surface area contributed by atoms with Gasteiger partial charge < -0.3 is 5.32 Å². The van der Waals surface area contributed by atoms with Gasteiger partial charge in [0.25, 0.3) is 0 Å². The van der Waals surface area contributed by atoms with E-state index in [1.807, 2.05) is 0 Å². The van der Waals surface area contributed by atoms with Crippen LogP contribution in [0.2, 0.25) is 0 Å². The molecule has 0 unspecified atom stereocenters. The first kappa shape index (κ1) is 13.6. The van der Waals surface area contributed by atoms with Crippen molar-refractivity contribution in [2.45, 2.75) is 32.7 Å². The highest BCUT2D eigenvalue weighted by atomic mass is 79.9. The van der Waals surface area contributed by atoms with E-state index in [2.05, 4.69) is 77.7 Å². The molecule has 1 nitrogen and oxygen atoms in total. The summed E-state index contributed by atoms with van der Waals surface area (Å²) < 4.78 is 1.18. The zero-order valence-corrected chi connectivity index (χ0v) is 13.4. The normalized spacial score (nSPS) is 11.6. The molecule has 1 N–H and O–H groups in total. The van der Waals surface area contributed by atoms with Gasteiger partial charge in [0.05, 0.1) is 3.79 Å². The number of anilines is 1. The van der Waals surface area contributed by atoms with Crippen molar-refractivity contribution in [1.82, 2.24) is 0 Å². The van der Waals surface area contributed by atoms with E-state index in [-0.39, 0.29) is 5.41 Å². The van der Waals surface area contributed by atoms with Crippen LogP contribution < -0.4 is 5.32 Å². The third-order valence-electron chi connectivity index (χ3n) is 2.87. The smallest absolute Gasteiger partial charge is 0.0701 e. The molecule has 1 heterocycles. The molecule has 1 aromatic carbocycles. The van der Waals surface area contributed by atoms with Crippen molar-refractivity contribution < 1.29 is 0 Å². The minimum Gasteiger partial charge on any atom is -0.381 e. The Bertz CT molecular complexity index is 508. The molecule has 96 valence electrons. The first-order valence-electron chi connectivity index (χ1n) is 6.02. The maximum atomic E-state index is 3.48. The summed E-state index contributed by atoms with van der Waals surface area (Å²) in [6, 6.07) is 10.9. The van der Waals surface area contributed by atoms with Crippen LogP contribution in [0.25, 0.3) is 0 Å². The molecule has 0 atom stereocenters. The second-order valence-corrected chi connectivity index (χ2v) is 7.73. The molecule has 0 fully saturated rings. The number of hydrogen-bond donors (Lipinski definition) is 1. The molecule has 2 aromatic rings. The van der Waals surface area contributed by atoms with Gasteiger partial charge in [-0.2, -0.15) is 0 Å². The maximum Gasteiger partial charge on any atom is 0.0701 e. The van der Waals surface area contributed by atoms with E-state index in [1.54, 1.807) is 11.3 Å². The zero-order valence-electron chi connectivity index (χ0n) is 11.0. The van der Waals surface area contributed by atoms with Crippen LogP contribution in [0.3, 0.4) is 0 Å². The molecule has 0 radical (unpaired) electrons. The van der Waals surface area contributed by atoms with Gasteiger partial charge in [-0.1, -0.05) is 32.9 Å². The molecule has 2 rings (SSSR count). The number of rotatable bonds is 3. The van der Waals surface area contributed by atoms with Gasteiger partial charge in [-0.3, -0.25) is 0 Å². The van der Waals surface area contributed by atoms with E-state index in [4.69, 9.17) is 0 Å². The average Bonchev–Trinajstić information content (AvgIpc) is 2.72. The fourth-order valence-corrected chi connectivity index (χ4v) is 2.94. The second kappa shape index (κ2) is 5.45. The SMILES string of the molecule is CC(C)(C)c1ccc(NCc2csc(Br)c2)cc1. The van der Waals surface area contributed by atoms with Gasteiger partial charge in [0.1, 0.15) is 0 Å². The third-order valence-corrected chi connectivity index (χ3v) is 4.42. The Morgan fingerprint density at radius 3 is 2.33 bits per heavy atom. The first-order chi connectivity index (χ1) is 8.45. The monoisotopic (exact) mass is 323 g/mol. The number of thiophene rings is 1. The number of hydrogen-bond acceptors (Lipinski definition) is 2. The van der Waals surface area contributed by atoms with E-state index in [0.717, 1.165) is 6.54 Å².